The molecule has 0 aromatic heterocycles. The quantitative estimate of drug-likeness (QED) is 0.884. The predicted molar refractivity (Wildman–Crippen MR) is 84.9 cm³/mol. The van der Waals surface area contributed by atoms with Crippen molar-refractivity contribution < 1.29 is 13.9 Å². The molecule has 116 valence electrons. The number of ether oxygens (including phenoxy) is 1. The molecular formula is C17H19FN2O2. The van der Waals surface area contributed by atoms with Crippen LogP contribution in [-0.4, -0.2) is 24.0 Å². The maximum atomic E-state index is 13.1. The van der Waals surface area contributed by atoms with Crippen LogP contribution in [0.4, 0.5) is 14.9 Å². The van der Waals surface area contributed by atoms with Crippen molar-refractivity contribution in [1.29, 1.82) is 0 Å². The van der Waals surface area contributed by atoms with Gasteiger partial charge in [-0.05, 0) is 50.2 Å². The molecule has 0 saturated heterocycles. The van der Waals surface area contributed by atoms with Crippen LogP contribution < -0.4 is 10.1 Å². The van der Waals surface area contributed by atoms with Gasteiger partial charge in [-0.1, -0.05) is 6.07 Å². The van der Waals surface area contributed by atoms with Gasteiger partial charge in [0.25, 0.3) is 0 Å². The summed E-state index contributed by atoms with van der Waals surface area (Å²) >= 11 is 0. The van der Waals surface area contributed by atoms with E-state index in [4.69, 9.17) is 4.74 Å². The molecule has 0 unspecified atom stereocenters. The van der Waals surface area contributed by atoms with Crippen molar-refractivity contribution in [2.45, 2.75) is 13.8 Å². The molecule has 2 aromatic rings. The van der Waals surface area contributed by atoms with Gasteiger partial charge in [-0.3, -0.25) is 0 Å². The van der Waals surface area contributed by atoms with Crippen LogP contribution in [0.1, 0.15) is 13.8 Å². The number of amides is 2. The first-order valence-corrected chi connectivity index (χ1v) is 7.21. The number of hydrogen-bond donors (Lipinski definition) is 1. The SMILES string of the molecule is CCN(CC)C(=O)Nc1ccc(Oc2cccc(F)c2)cc1. The van der Waals surface area contributed by atoms with E-state index in [1.54, 1.807) is 41.3 Å². The molecule has 2 amide bonds. The molecule has 1 N–H and O–H groups in total. The Morgan fingerprint density at radius 2 is 1.77 bits per heavy atom. The van der Waals surface area contributed by atoms with Crippen LogP contribution in [0.3, 0.4) is 0 Å². The highest BCUT2D eigenvalue weighted by Gasteiger charge is 2.09. The van der Waals surface area contributed by atoms with Gasteiger partial charge in [0.2, 0.25) is 0 Å². The van der Waals surface area contributed by atoms with Crippen LogP contribution in [-0.2, 0) is 0 Å². The van der Waals surface area contributed by atoms with Gasteiger partial charge in [-0.15, -0.1) is 0 Å². The average molecular weight is 302 g/mol. The van der Waals surface area contributed by atoms with Crippen LogP contribution >= 0.6 is 0 Å². The molecule has 5 heteroatoms. The summed E-state index contributed by atoms with van der Waals surface area (Å²) in [5, 5.41) is 2.82. The van der Waals surface area contributed by atoms with Gasteiger partial charge in [-0.2, -0.15) is 0 Å². The highest BCUT2D eigenvalue weighted by Crippen LogP contribution is 2.23. The molecule has 22 heavy (non-hydrogen) atoms. The average Bonchev–Trinajstić information content (AvgIpc) is 2.50. The van der Waals surface area contributed by atoms with Crippen molar-refractivity contribution in [3.8, 4) is 11.5 Å². The summed E-state index contributed by atoms with van der Waals surface area (Å²) in [5.41, 5.74) is 0.684. The molecule has 0 bridgehead atoms. The summed E-state index contributed by atoms with van der Waals surface area (Å²) in [6, 6.07) is 12.7. The Hall–Kier alpha value is -2.56. The van der Waals surface area contributed by atoms with E-state index < -0.39 is 0 Å². The van der Waals surface area contributed by atoms with Crippen LogP contribution in [0.2, 0.25) is 0 Å². The first-order valence-electron chi connectivity index (χ1n) is 7.21. The minimum Gasteiger partial charge on any atom is -0.457 e. The Labute approximate surface area is 129 Å². The summed E-state index contributed by atoms with van der Waals surface area (Å²) in [6.07, 6.45) is 0. The monoisotopic (exact) mass is 302 g/mol. The third-order valence-corrected chi connectivity index (χ3v) is 3.19. The molecule has 2 aromatic carbocycles. The number of nitrogens with zero attached hydrogens (tertiary/aromatic N) is 1. The molecule has 0 radical (unpaired) electrons. The van der Waals surface area contributed by atoms with E-state index in [0.717, 1.165) is 0 Å². The van der Waals surface area contributed by atoms with E-state index in [9.17, 15) is 9.18 Å². The second-order valence-electron chi connectivity index (χ2n) is 4.69. The topological polar surface area (TPSA) is 41.6 Å². The fourth-order valence-electron chi connectivity index (χ4n) is 1.99. The molecule has 0 aliphatic heterocycles. The fourth-order valence-corrected chi connectivity index (χ4v) is 1.99. The van der Waals surface area contributed by atoms with E-state index in [-0.39, 0.29) is 11.8 Å². The fraction of sp³-hybridized carbons (Fsp3) is 0.235. The van der Waals surface area contributed by atoms with Gasteiger partial charge in [-0.25, -0.2) is 9.18 Å². The maximum absolute atomic E-state index is 13.1. The number of carbonyl (C=O) groups is 1. The number of urea groups is 1. The molecule has 0 aliphatic rings. The molecule has 0 fully saturated rings. The first-order chi connectivity index (χ1) is 10.6. The Morgan fingerprint density at radius 1 is 1.09 bits per heavy atom. The predicted octanol–water partition coefficient (Wildman–Crippen LogP) is 4.49. The molecule has 0 heterocycles. The lowest BCUT2D eigenvalue weighted by Gasteiger charge is -2.19. The molecule has 0 saturated carbocycles. The van der Waals surface area contributed by atoms with Crippen LogP contribution in [0.25, 0.3) is 0 Å². The molecule has 2 rings (SSSR count). The van der Waals surface area contributed by atoms with E-state index in [1.807, 2.05) is 13.8 Å². The third kappa shape index (κ3) is 4.22. The van der Waals surface area contributed by atoms with Crippen molar-refractivity contribution in [3.63, 3.8) is 0 Å². The zero-order chi connectivity index (χ0) is 15.9. The van der Waals surface area contributed by atoms with Crippen LogP contribution in [0, 0.1) is 5.82 Å². The van der Waals surface area contributed by atoms with Crippen molar-refractivity contribution >= 4 is 11.7 Å². The molecule has 0 spiro atoms. The zero-order valence-corrected chi connectivity index (χ0v) is 12.7. The summed E-state index contributed by atoms with van der Waals surface area (Å²) in [4.78, 5) is 13.6. The largest absolute Gasteiger partial charge is 0.457 e. The Balaban J connectivity index is 2.00. The van der Waals surface area contributed by atoms with Gasteiger partial charge >= 0.3 is 6.03 Å². The summed E-state index contributed by atoms with van der Waals surface area (Å²) in [6.45, 7) is 5.17. The number of hydrogen-bond acceptors (Lipinski definition) is 2. The van der Waals surface area contributed by atoms with E-state index in [0.29, 0.717) is 30.3 Å². The normalized spacial score (nSPS) is 10.1. The standard InChI is InChI=1S/C17H19FN2O2/c1-3-20(4-2)17(21)19-14-8-10-15(11-9-14)22-16-7-5-6-13(18)12-16/h5-12H,3-4H2,1-2H3,(H,19,21). The third-order valence-electron chi connectivity index (χ3n) is 3.19. The Morgan fingerprint density at radius 3 is 2.36 bits per heavy atom. The van der Waals surface area contributed by atoms with Gasteiger partial charge in [0.15, 0.2) is 0 Å². The van der Waals surface area contributed by atoms with Gasteiger partial charge in [0.1, 0.15) is 17.3 Å². The Bertz CT molecular complexity index is 625. The number of rotatable bonds is 5. The van der Waals surface area contributed by atoms with E-state index in [2.05, 4.69) is 5.32 Å². The lowest BCUT2D eigenvalue weighted by Crippen LogP contribution is -2.34. The zero-order valence-electron chi connectivity index (χ0n) is 12.7. The minimum absolute atomic E-state index is 0.135. The van der Waals surface area contributed by atoms with E-state index >= 15 is 0 Å². The van der Waals surface area contributed by atoms with Crippen molar-refractivity contribution in [3.05, 3.63) is 54.3 Å². The van der Waals surface area contributed by atoms with Gasteiger partial charge in [0.05, 0.1) is 0 Å². The maximum Gasteiger partial charge on any atom is 0.321 e. The summed E-state index contributed by atoms with van der Waals surface area (Å²) in [7, 11) is 0. The van der Waals surface area contributed by atoms with Crippen LogP contribution in [0.5, 0.6) is 11.5 Å². The lowest BCUT2D eigenvalue weighted by molar-refractivity contribution is 0.217. The number of anilines is 1. The summed E-state index contributed by atoms with van der Waals surface area (Å²) in [5.74, 6) is 0.659. The van der Waals surface area contributed by atoms with E-state index in [1.165, 1.54) is 12.1 Å². The highest BCUT2D eigenvalue weighted by molar-refractivity contribution is 5.89. The van der Waals surface area contributed by atoms with Crippen molar-refractivity contribution in [1.82, 2.24) is 4.90 Å². The molecule has 0 atom stereocenters. The minimum atomic E-state index is -0.347. The smallest absolute Gasteiger partial charge is 0.321 e. The van der Waals surface area contributed by atoms with Gasteiger partial charge < -0.3 is 15.0 Å². The molecule has 0 aliphatic carbocycles. The molecule has 4 nitrogen and oxygen atoms in total. The number of carbonyl (C=O) groups excluding carboxylic acids is 1. The number of benzene rings is 2. The lowest BCUT2D eigenvalue weighted by atomic mass is 10.3. The first kappa shape index (κ1) is 15.8. The molecular weight excluding hydrogens is 283 g/mol. The van der Waals surface area contributed by atoms with Gasteiger partial charge in [0, 0.05) is 24.8 Å². The number of halogens is 1. The Kier molecular flexibility index (Phi) is 5.36. The second kappa shape index (κ2) is 7.45. The second-order valence-corrected chi connectivity index (χ2v) is 4.69. The number of nitrogens with one attached hydrogen (secondary N) is 1. The van der Waals surface area contributed by atoms with Crippen LogP contribution in [0.15, 0.2) is 48.5 Å². The van der Waals surface area contributed by atoms with Crippen molar-refractivity contribution in [2.75, 3.05) is 18.4 Å². The summed E-state index contributed by atoms with van der Waals surface area (Å²) < 4.78 is 18.6. The van der Waals surface area contributed by atoms with Crippen molar-refractivity contribution in [2.24, 2.45) is 0 Å². The highest BCUT2D eigenvalue weighted by atomic mass is 19.1.